The number of likely N-dealkylation sites (N-methyl/N-ethyl adjacent to an activating group) is 1. The number of guanidine groups is 1. The Morgan fingerprint density at radius 1 is 0.895 bits per heavy atom. The van der Waals surface area contributed by atoms with Gasteiger partial charge in [-0.1, -0.05) is 90.5 Å². The molecule has 3 amide bonds. The molecule has 1 aliphatic rings. The molecule has 0 fully saturated rings. The van der Waals surface area contributed by atoms with E-state index < -0.39 is 45.7 Å². The Kier molecular flexibility index (Phi) is 13.9. The Bertz CT molecular complexity index is 2210. The van der Waals surface area contributed by atoms with Gasteiger partial charge in [-0.2, -0.15) is 4.31 Å². The summed E-state index contributed by atoms with van der Waals surface area (Å²) < 4.78 is 34.5. The van der Waals surface area contributed by atoms with Gasteiger partial charge in [0.15, 0.2) is 11.9 Å². The van der Waals surface area contributed by atoms with Crippen LogP contribution in [0.3, 0.4) is 0 Å². The van der Waals surface area contributed by atoms with Crippen molar-refractivity contribution in [3.8, 4) is 0 Å². The van der Waals surface area contributed by atoms with Crippen LogP contribution in [-0.2, 0) is 35.8 Å². The van der Waals surface area contributed by atoms with Gasteiger partial charge in [0.2, 0.25) is 15.9 Å². The third kappa shape index (κ3) is 10.3. The summed E-state index contributed by atoms with van der Waals surface area (Å²) in [6.45, 7) is 1.73. The number of imide groups is 1. The minimum atomic E-state index is -4.25. The van der Waals surface area contributed by atoms with Crippen molar-refractivity contribution in [1.82, 2.24) is 13.7 Å². The number of nitrogens with two attached hydrogens (primary N) is 2. The average molecular weight is 794 g/mol. The number of esters is 1. The van der Waals surface area contributed by atoms with Crippen LogP contribution < -0.4 is 16.0 Å². The van der Waals surface area contributed by atoms with Gasteiger partial charge in [-0.05, 0) is 67.3 Å². The first-order chi connectivity index (χ1) is 27.2. The molecule has 14 heteroatoms. The zero-order valence-electron chi connectivity index (χ0n) is 32.4. The lowest BCUT2D eigenvalue weighted by Gasteiger charge is -2.32. The van der Waals surface area contributed by atoms with Crippen LogP contribution in [0.1, 0.15) is 40.7 Å². The summed E-state index contributed by atoms with van der Waals surface area (Å²) in [4.78, 5) is 62.7. The van der Waals surface area contributed by atoms with E-state index in [2.05, 4.69) is 4.99 Å². The van der Waals surface area contributed by atoms with Gasteiger partial charge in [-0.3, -0.25) is 24.3 Å². The van der Waals surface area contributed by atoms with Crippen molar-refractivity contribution in [3.05, 3.63) is 144 Å². The Hall–Kier alpha value is -5.96. The molecule has 1 heterocycles. The van der Waals surface area contributed by atoms with E-state index in [1.165, 1.54) is 25.3 Å². The molecule has 298 valence electrons. The first-order valence-corrected chi connectivity index (χ1v) is 20.0. The third-order valence-electron chi connectivity index (χ3n) is 10.1. The minimum absolute atomic E-state index is 0.0293. The molecule has 0 bridgehead atoms. The van der Waals surface area contributed by atoms with Crippen molar-refractivity contribution >= 4 is 45.4 Å². The molecule has 13 nitrogen and oxygen atoms in total. The third-order valence-corrected chi connectivity index (χ3v) is 12.0. The normalized spacial score (nSPS) is 17.5. The molecule has 0 spiro atoms. The molecule has 5 rings (SSSR count). The molecule has 4 aromatic rings. The minimum Gasteiger partial charge on any atom is -0.460 e. The maximum atomic E-state index is 14.9. The van der Waals surface area contributed by atoms with E-state index in [1.807, 2.05) is 43.3 Å². The molecule has 0 radical (unpaired) electrons. The quantitative estimate of drug-likeness (QED) is 0.0332. The first kappa shape index (κ1) is 42.2. The molecule has 0 aromatic heterocycles. The molecule has 4 N–H and O–H groups in total. The van der Waals surface area contributed by atoms with E-state index in [9.17, 15) is 27.6 Å². The van der Waals surface area contributed by atoms with E-state index in [4.69, 9.17) is 16.2 Å². The maximum absolute atomic E-state index is 14.9. The van der Waals surface area contributed by atoms with Gasteiger partial charge in [0, 0.05) is 25.6 Å². The van der Waals surface area contributed by atoms with E-state index in [0.29, 0.717) is 11.3 Å². The molecular weight excluding hydrogens is 745 g/mol. The number of benzene rings is 4. The standard InChI is InChI=1S/C43H49N6O7S/c1-31-21-23-36(24-22-31)57(54,55)47(2)38(20-13-26-46-43(44)45)40(51)48(39(50)34-16-9-5-10-17-34)29-33-25-27-49(3,35-18-11-6-12-19-35)41(52)37(28-33)42(53)56-30-32-14-7-4-8-15-32/h4-12,14-19,21-24,28,37-38H,13,20,25-27,29-30H2,1-3H3,(H4,44,45,46)/q+1/t37?,38-,49?/m0/s1. The maximum Gasteiger partial charge on any atom is 0.336 e. The number of carbonyl (C=O) groups excluding carboxylic acids is 4. The molecule has 0 saturated carbocycles. The lowest BCUT2D eigenvalue weighted by Crippen LogP contribution is -2.54. The van der Waals surface area contributed by atoms with Crippen LogP contribution in [0.15, 0.2) is 137 Å². The highest BCUT2D eigenvalue weighted by atomic mass is 32.2. The number of aryl methyl sites for hydroxylation is 1. The highest BCUT2D eigenvalue weighted by Crippen LogP contribution is 2.31. The molecule has 0 saturated heterocycles. The molecular formula is C43H49N6O7S+. The lowest BCUT2D eigenvalue weighted by atomic mass is 10.0. The monoisotopic (exact) mass is 793 g/mol. The predicted molar refractivity (Wildman–Crippen MR) is 219 cm³/mol. The van der Waals surface area contributed by atoms with Gasteiger partial charge in [0.05, 0.1) is 25.0 Å². The summed E-state index contributed by atoms with van der Waals surface area (Å²) in [5.41, 5.74) is 13.9. The van der Waals surface area contributed by atoms with Crippen LogP contribution in [0.4, 0.5) is 5.69 Å². The van der Waals surface area contributed by atoms with E-state index in [1.54, 1.807) is 73.8 Å². The second kappa shape index (κ2) is 18.8. The highest BCUT2D eigenvalue weighted by Gasteiger charge is 2.46. The Labute approximate surface area is 333 Å². The predicted octanol–water partition coefficient (Wildman–Crippen LogP) is 4.56. The Morgan fingerprint density at radius 3 is 2.11 bits per heavy atom. The van der Waals surface area contributed by atoms with Gasteiger partial charge in [0.1, 0.15) is 18.3 Å². The summed E-state index contributed by atoms with van der Waals surface area (Å²) in [6.07, 6.45) is 1.86. The number of rotatable bonds is 15. The number of aliphatic imine (C=N–C) groups is 1. The summed E-state index contributed by atoms with van der Waals surface area (Å²) in [7, 11) is -1.23. The SMILES string of the molecule is Cc1ccc(S(=O)(=O)N(C)[C@@H](CCCN=C(N)N)C(=O)N(CC2=CC(C(=O)OCc3ccccc3)C(=O)[N+](C)(c3ccccc3)CC2)C(=O)c2ccccc2)cc1. The summed E-state index contributed by atoms with van der Waals surface area (Å²) in [5, 5.41) is 0. The van der Waals surface area contributed by atoms with Gasteiger partial charge >= 0.3 is 11.9 Å². The number of nitrogens with zero attached hydrogens (tertiary/aromatic N) is 4. The fraction of sp³-hybridized carbons (Fsp3) is 0.279. The zero-order valence-corrected chi connectivity index (χ0v) is 33.2. The smallest absolute Gasteiger partial charge is 0.336 e. The van der Waals surface area contributed by atoms with Crippen molar-refractivity contribution in [2.24, 2.45) is 22.4 Å². The topological polar surface area (TPSA) is 183 Å². The van der Waals surface area contributed by atoms with Crippen molar-refractivity contribution < 1.29 is 32.3 Å². The van der Waals surface area contributed by atoms with Gasteiger partial charge < -0.3 is 16.2 Å². The first-order valence-electron chi connectivity index (χ1n) is 18.6. The largest absolute Gasteiger partial charge is 0.460 e. The van der Waals surface area contributed by atoms with Crippen molar-refractivity contribution in [3.63, 3.8) is 0 Å². The summed E-state index contributed by atoms with van der Waals surface area (Å²) >= 11 is 0. The van der Waals surface area contributed by atoms with Crippen LogP contribution >= 0.6 is 0 Å². The number of sulfonamides is 1. The highest BCUT2D eigenvalue weighted by molar-refractivity contribution is 7.89. The van der Waals surface area contributed by atoms with Crippen LogP contribution in [0.2, 0.25) is 0 Å². The van der Waals surface area contributed by atoms with Crippen molar-refractivity contribution in [2.75, 3.05) is 33.7 Å². The number of para-hydroxylation sites is 1. The molecule has 57 heavy (non-hydrogen) atoms. The van der Waals surface area contributed by atoms with Crippen LogP contribution in [-0.4, -0.2) is 87.0 Å². The summed E-state index contributed by atoms with van der Waals surface area (Å²) in [5.74, 6) is -4.25. The number of ether oxygens (including phenoxy) is 1. The fourth-order valence-electron chi connectivity index (χ4n) is 6.67. The summed E-state index contributed by atoms with van der Waals surface area (Å²) in [6, 6.07) is 31.1. The Balaban J connectivity index is 1.56. The Morgan fingerprint density at radius 2 is 1.49 bits per heavy atom. The van der Waals surface area contributed by atoms with Crippen LogP contribution in [0.25, 0.3) is 0 Å². The fourth-order valence-corrected chi connectivity index (χ4v) is 8.02. The number of hydrogen-bond acceptors (Lipinski definition) is 8. The van der Waals surface area contributed by atoms with Crippen molar-refractivity contribution in [1.29, 1.82) is 0 Å². The number of amides is 3. The lowest BCUT2D eigenvalue weighted by molar-refractivity contribution is -0.153. The van der Waals surface area contributed by atoms with Gasteiger partial charge in [-0.25, -0.2) is 17.7 Å². The van der Waals surface area contributed by atoms with Crippen LogP contribution in [0, 0.1) is 12.8 Å². The van der Waals surface area contributed by atoms with E-state index >= 15 is 0 Å². The van der Waals surface area contributed by atoms with Gasteiger partial charge in [0.25, 0.3) is 5.91 Å². The second-order valence-corrected chi connectivity index (χ2v) is 16.1. The van der Waals surface area contributed by atoms with Crippen molar-refractivity contribution in [2.45, 2.75) is 43.7 Å². The molecule has 0 aliphatic carbocycles. The van der Waals surface area contributed by atoms with E-state index in [0.717, 1.165) is 20.3 Å². The van der Waals surface area contributed by atoms with Crippen LogP contribution in [0.5, 0.6) is 0 Å². The second-order valence-electron chi connectivity index (χ2n) is 14.1. The molecule has 4 aromatic carbocycles. The number of carbonyl (C=O) groups is 4. The van der Waals surface area contributed by atoms with E-state index in [-0.39, 0.29) is 66.4 Å². The average Bonchev–Trinajstić information content (AvgIpc) is 3.35. The molecule has 1 aliphatic heterocycles. The van der Waals surface area contributed by atoms with Gasteiger partial charge in [-0.15, -0.1) is 0 Å². The number of quaternary nitrogens is 1. The number of hydrogen-bond donors (Lipinski definition) is 2. The zero-order chi connectivity index (χ0) is 41.2. The molecule has 3 atom stereocenters. The molecule has 2 unspecified atom stereocenters.